The summed E-state index contributed by atoms with van der Waals surface area (Å²) in [6, 6.07) is 20.4. The summed E-state index contributed by atoms with van der Waals surface area (Å²) in [6.45, 7) is 4.27. The molecule has 3 aromatic carbocycles. The smallest absolute Gasteiger partial charge is 0.322 e. The summed E-state index contributed by atoms with van der Waals surface area (Å²) in [5.41, 5.74) is 4.97. The van der Waals surface area contributed by atoms with E-state index >= 15 is 0 Å². The molecule has 1 aliphatic rings. The first-order chi connectivity index (χ1) is 16.9. The van der Waals surface area contributed by atoms with Crippen molar-refractivity contribution in [2.24, 2.45) is 0 Å². The number of nitrogens with one attached hydrogen (secondary N) is 1. The molecule has 2 heterocycles. The third-order valence-corrected chi connectivity index (χ3v) is 6.27. The van der Waals surface area contributed by atoms with E-state index in [1.807, 2.05) is 50.2 Å². The molecule has 1 atom stereocenters. The molecule has 35 heavy (non-hydrogen) atoms. The zero-order valence-corrected chi connectivity index (χ0v) is 19.9. The first-order valence-corrected chi connectivity index (χ1v) is 11.5. The van der Waals surface area contributed by atoms with Crippen molar-refractivity contribution in [3.8, 4) is 11.4 Å². The van der Waals surface area contributed by atoms with Crippen LogP contribution in [0.3, 0.4) is 0 Å². The molecule has 5 rings (SSSR count). The van der Waals surface area contributed by atoms with Crippen LogP contribution in [0.1, 0.15) is 35.5 Å². The van der Waals surface area contributed by atoms with E-state index < -0.39 is 6.04 Å². The second kappa shape index (κ2) is 9.35. The first-order valence-electron chi connectivity index (χ1n) is 11.1. The van der Waals surface area contributed by atoms with Gasteiger partial charge in [-0.3, -0.25) is 4.90 Å². The van der Waals surface area contributed by atoms with Gasteiger partial charge in [-0.05, 0) is 61.4 Å². The van der Waals surface area contributed by atoms with Crippen LogP contribution in [0.2, 0.25) is 5.02 Å². The Morgan fingerprint density at radius 1 is 1.00 bits per heavy atom. The number of hydrogen-bond acceptors (Lipinski definition) is 4. The number of benzene rings is 3. The van der Waals surface area contributed by atoms with Gasteiger partial charge in [-0.15, -0.1) is 0 Å². The van der Waals surface area contributed by atoms with E-state index in [4.69, 9.17) is 16.1 Å². The number of carbonyl (C=O) groups is 1. The van der Waals surface area contributed by atoms with Crippen LogP contribution in [0.4, 0.5) is 9.18 Å². The Morgan fingerprint density at radius 2 is 1.69 bits per heavy atom. The Balaban J connectivity index is 1.58. The molecule has 0 spiro atoms. The number of urea groups is 1. The number of rotatable bonds is 5. The Morgan fingerprint density at radius 3 is 2.37 bits per heavy atom. The number of aromatic nitrogens is 2. The van der Waals surface area contributed by atoms with Gasteiger partial charge < -0.3 is 9.84 Å². The van der Waals surface area contributed by atoms with Crippen LogP contribution >= 0.6 is 11.6 Å². The van der Waals surface area contributed by atoms with Crippen molar-refractivity contribution in [1.29, 1.82) is 0 Å². The molecule has 1 unspecified atom stereocenters. The highest BCUT2D eigenvalue weighted by atomic mass is 35.5. The fraction of sp³-hybridized carbons (Fsp3) is 0.148. The molecule has 8 heteroatoms. The normalized spacial score (nSPS) is 15.9. The van der Waals surface area contributed by atoms with E-state index in [0.29, 0.717) is 34.2 Å². The van der Waals surface area contributed by atoms with Crippen molar-refractivity contribution in [2.75, 3.05) is 0 Å². The van der Waals surface area contributed by atoms with Crippen LogP contribution in [0.15, 0.2) is 83.0 Å². The first kappa shape index (κ1) is 22.8. The number of carbonyl (C=O) groups excluding carboxylic acids is 1. The van der Waals surface area contributed by atoms with Gasteiger partial charge in [0.25, 0.3) is 5.89 Å². The zero-order chi connectivity index (χ0) is 24.5. The monoisotopic (exact) mass is 488 g/mol. The van der Waals surface area contributed by atoms with E-state index in [2.05, 4.69) is 15.5 Å². The van der Waals surface area contributed by atoms with Gasteiger partial charge in [0, 0.05) is 16.3 Å². The second-order valence-corrected chi connectivity index (χ2v) is 8.87. The SMILES string of the molecule is CC1=C(c2nc(-c3ccc(F)cc3)no2)C(c2ccc(Cl)cc2)NC(=O)N1Cc1ccc(C)cc1. The van der Waals surface area contributed by atoms with Crippen molar-refractivity contribution in [3.05, 3.63) is 112 Å². The average Bonchev–Trinajstić information content (AvgIpc) is 3.33. The molecule has 6 nitrogen and oxygen atoms in total. The van der Waals surface area contributed by atoms with E-state index in [1.54, 1.807) is 29.2 Å². The van der Waals surface area contributed by atoms with Crippen molar-refractivity contribution in [1.82, 2.24) is 20.4 Å². The fourth-order valence-electron chi connectivity index (χ4n) is 4.08. The van der Waals surface area contributed by atoms with Gasteiger partial charge in [0.1, 0.15) is 5.82 Å². The molecule has 0 bridgehead atoms. The average molecular weight is 489 g/mol. The fourth-order valence-corrected chi connectivity index (χ4v) is 4.21. The van der Waals surface area contributed by atoms with E-state index in [1.165, 1.54) is 12.1 Å². The van der Waals surface area contributed by atoms with Crippen LogP contribution in [-0.4, -0.2) is 21.1 Å². The lowest BCUT2D eigenvalue weighted by atomic mass is 9.94. The number of nitrogens with zero attached hydrogens (tertiary/aromatic N) is 3. The van der Waals surface area contributed by atoms with Crippen molar-refractivity contribution < 1.29 is 13.7 Å². The molecule has 0 saturated heterocycles. The number of halogens is 2. The molecule has 2 amide bonds. The lowest BCUT2D eigenvalue weighted by molar-refractivity contribution is 0.203. The summed E-state index contributed by atoms with van der Waals surface area (Å²) in [5, 5.41) is 7.78. The van der Waals surface area contributed by atoms with Gasteiger partial charge in [0.05, 0.1) is 18.2 Å². The Bertz CT molecular complexity index is 1400. The van der Waals surface area contributed by atoms with E-state index in [-0.39, 0.29) is 17.7 Å². The Kier molecular flexibility index (Phi) is 6.09. The number of aryl methyl sites for hydroxylation is 1. The largest absolute Gasteiger partial charge is 0.334 e. The molecule has 0 aliphatic carbocycles. The van der Waals surface area contributed by atoms with E-state index in [9.17, 15) is 9.18 Å². The lowest BCUT2D eigenvalue weighted by Crippen LogP contribution is -2.45. The van der Waals surface area contributed by atoms with Gasteiger partial charge >= 0.3 is 6.03 Å². The van der Waals surface area contributed by atoms with Crippen LogP contribution < -0.4 is 5.32 Å². The quantitative estimate of drug-likeness (QED) is 0.346. The third kappa shape index (κ3) is 4.68. The molecular weight excluding hydrogens is 467 g/mol. The standard InChI is InChI=1S/C27H22ClFN4O2/c1-16-3-5-18(6-4-16)15-33-17(2)23(24(30-27(33)34)19-7-11-21(28)12-8-19)26-31-25(32-35-26)20-9-13-22(29)14-10-20/h3-14,24H,15H2,1-2H3,(H,30,34). The second-order valence-electron chi connectivity index (χ2n) is 8.43. The minimum atomic E-state index is -0.518. The van der Waals surface area contributed by atoms with Gasteiger partial charge in [-0.1, -0.05) is 58.7 Å². The highest BCUT2D eigenvalue weighted by Gasteiger charge is 2.35. The maximum Gasteiger partial charge on any atom is 0.322 e. The number of amides is 2. The summed E-state index contributed by atoms with van der Waals surface area (Å²) in [6.07, 6.45) is 0. The van der Waals surface area contributed by atoms with Gasteiger partial charge in [0.15, 0.2) is 0 Å². The number of allylic oxidation sites excluding steroid dienone is 1. The lowest BCUT2D eigenvalue weighted by Gasteiger charge is -2.35. The molecule has 4 aromatic rings. The third-order valence-electron chi connectivity index (χ3n) is 6.02. The number of hydrogen-bond donors (Lipinski definition) is 1. The minimum Gasteiger partial charge on any atom is -0.334 e. The zero-order valence-electron chi connectivity index (χ0n) is 19.1. The molecule has 1 aromatic heterocycles. The predicted molar refractivity (Wildman–Crippen MR) is 132 cm³/mol. The van der Waals surface area contributed by atoms with Crippen LogP contribution in [-0.2, 0) is 6.54 Å². The minimum absolute atomic E-state index is 0.231. The van der Waals surface area contributed by atoms with Gasteiger partial charge in [-0.25, -0.2) is 9.18 Å². The molecular formula is C27H22ClFN4O2. The van der Waals surface area contributed by atoms with Gasteiger partial charge in [0.2, 0.25) is 5.82 Å². The van der Waals surface area contributed by atoms with Crippen molar-refractivity contribution in [3.63, 3.8) is 0 Å². The Labute approximate surface area is 207 Å². The summed E-state index contributed by atoms with van der Waals surface area (Å²) >= 11 is 6.09. The highest BCUT2D eigenvalue weighted by molar-refractivity contribution is 6.30. The van der Waals surface area contributed by atoms with E-state index in [0.717, 1.165) is 16.7 Å². The molecule has 1 N–H and O–H groups in total. The summed E-state index contributed by atoms with van der Waals surface area (Å²) in [5.74, 6) is 0.258. The molecule has 0 radical (unpaired) electrons. The van der Waals surface area contributed by atoms with Crippen LogP contribution in [0.25, 0.3) is 17.0 Å². The molecule has 0 saturated carbocycles. The van der Waals surface area contributed by atoms with Crippen molar-refractivity contribution in [2.45, 2.75) is 26.4 Å². The molecule has 0 fully saturated rings. The van der Waals surface area contributed by atoms with Crippen LogP contribution in [0, 0.1) is 12.7 Å². The van der Waals surface area contributed by atoms with Crippen molar-refractivity contribution >= 4 is 23.2 Å². The Hall–Kier alpha value is -3.97. The predicted octanol–water partition coefficient (Wildman–Crippen LogP) is 6.54. The maximum absolute atomic E-state index is 13.4. The summed E-state index contributed by atoms with van der Waals surface area (Å²) < 4.78 is 19.0. The summed E-state index contributed by atoms with van der Waals surface area (Å²) in [7, 11) is 0. The van der Waals surface area contributed by atoms with Crippen LogP contribution in [0.5, 0.6) is 0 Å². The molecule has 1 aliphatic heterocycles. The van der Waals surface area contributed by atoms with Gasteiger partial charge in [-0.2, -0.15) is 4.98 Å². The topological polar surface area (TPSA) is 71.3 Å². The maximum atomic E-state index is 13.4. The summed E-state index contributed by atoms with van der Waals surface area (Å²) in [4.78, 5) is 19.5. The highest BCUT2D eigenvalue weighted by Crippen LogP contribution is 2.38. The molecule has 176 valence electrons.